The Morgan fingerprint density at radius 3 is 0.684 bits per heavy atom. The van der Waals surface area contributed by atoms with E-state index in [4.69, 9.17) is 15.3 Å². The Labute approximate surface area is 113 Å². The van der Waals surface area contributed by atoms with Crippen molar-refractivity contribution in [3.63, 3.8) is 0 Å². The Hall–Kier alpha value is -1.92. The van der Waals surface area contributed by atoms with E-state index in [-0.39, 0.29) is 25.0 Å². The minimum Gasteiger partial charge on any atom is -0.481 e. The van der Waals surface area contributed by atoms with Crippen LogP contribution in [-0.2, 0) is 19.2 Å². The van der Waals surface area contributed by atoms with Crippen molar-refractivity contribution >= 4 is 23.7 Å². The molecule has 0 rings (SSSR count). The van der Waals surface area contributed by atoms with Gasteiger partial charge in [-0.1, -0.05) is 20.8 Å². The molecule has 0 spiro atoms. The molecule has 0 heterocycles. The fraction of sp³-hybridized carbons (Fsp3) is 0.667. The minimum absolute atomic E-state index is 0.167. The lowest BCUT2D eigenvalue weighted by Gasteiger charge is -1.71. The normalized spacial score (nSPS) is 7.21. The van der Waals surface area contributed by atoms with Crippen LogP contribution in [0.4, 0.5) is 0 Å². The summed E-state index contributed by atoms with van der Waals surface area (Å²) < 4.78 is 0. The summed E-state index contributed by atoms with van der Waals surface area (Å²) in [6.07, 6.45) is 0.667. The second-order valence-electron chi connectivity index (χ2n) is 3.15. The molecular weight excluding hydrogens is 256 g/mol. The van der Waals surface area contributed by atoms with E-state index < -0.39 is 17.9 Å². The molecule has 7 nitrogen and oxygen atoms in total. The van der Waals surface area contributed by atoms with E-state index in [9.17, 15) is 19.2 Å². The first kappa shape index (κ1) is 25.8. The number of carboxylic acid groups (broad SMARTS) is 3. The van der Waals surface area contributed by atoms with Crippen molar-refractivity contribution in [2.24, 2.45) is 0 Å². The van der Waals surface area contributed by atoms with Crippen LogP contribution in [0, 0.1) is 0 Å². The minimum atomic E-state index is -0.745. The molecule has 0 atom stereocenters. The maximum Gasteiger partial charge on any atom is 0.303 e. The summed E-state index contributed by atoms with van der Waals surface area (Å²) >= 11 is 0. The van der Waals surface area contributed by atoms with E-state index >= 15 is 0 Å². The largest absolute Gasteiger partial charge is 0.481 e. The van der Waals surface area contributed by atoms with Crippen LogP contribution in [0.25, 0.3) is 0 Å². The standard InChI is InChI=1S/3C3H6O2.C3H6O/c3*1-2-3(4)5;1-3(2)4/h3*2H2,1H3,(H,4,5);1-2H3. The quantitative estimate of drug-likeness (QED) is 0.721. The van der Waals surface area contributed by atoms with Gasteiger partial charge in [0.15, 0.2) is 0 Å². The number of Topliss-reactive ketones (excluding diaryl/α,β-unsaturated/α-hetero) is 1. The molecule has 0 aliphatic heterocycles. The molecule has 0 aromatic rings. The molecule has 0 amide bonds. The molecule has 0 aliphatic carbocycles. The Balaban J connectivity index is -0.0000000793. The van der Waals surface area contributed by atoms with Crippen molar-refractivity contribution in [1.82, 2.24) is 0 Å². The second kappa shape index (κ2) is 21.4. The van der Waals surface area contributed by atoms with Gasteiger partial charge in [0.2, 0.25) is 0 Å². The van der Waals surface area contributed by atoms with E-state index in [0.717, 1.165) is 0 Å². The molecule has 0 saturated carbocycles. The smallest absolute Gasteiger partial charge is 0.303 e. The van der Waals surface area contributed by atoms with Gasteiger partial charge < -0.3 is 20.1 Å². The van der Waals surface area contributed by atoms with Gasteiger partial charge in [-0.05, 0) is 13.8 Å². The number of hydrogen-bond donors (Lipinski definition) is 3. The van der Waals surface area contributed by atoms with Crippen LogP contribution in [0.1, 0.15) is 53.9 Å². The number of rotatable bonds is 3. The van der Waals surface area contributed by atoms with Crippen molar-refractivity contribution in [2.75, 3.05) is 0 Å². The summed E-state index contributed by atoms with van der Waals surface area (Å²) in [5, 5.41) is 23.2. The lowest BCUT2D eigenvalue weighted by molar-refractivity contribution is -0.137. The molecule has 0 unspecified atom stereocenters. The maximum absolute atomic E-state index is 9.44. The molecule has 19 heavy (non-hydrogen) atoms. The number of aliphatic carboxylic acids is 3. The first-order chi connectivity index (χ1) is 8.54. The number of hydrogen-bond acceptors (Lipinski definition) is 4. The van der Waals surface area contributed by atoms with Crippen LogP contribution in [0.3, 0.4) is 0 Å². The zero-order valence-electron chi connectivity index (χ0n) is 12.1. The highest BCUT2D eigenvalue weighted by Gasteiger charge is 1.81. The highest BCUT2D eigenvalue weighted by atomic mass is 16.4. The molecule has 0 radical (unpaired) electrons. The monoisotopic (exact) mass is 280 g/mol. The molecule has 0 fully saturated rings. The van der Waals surface area contributed by atoms with E-state index in [2.05, 4.69) is 0 Å². The van der Waals surface area contributed by atoms with Gasteiger partial charge in [-0.2, -0.15) is 0 Å². The molecule has 0 aromatic carbocycles. The molecule has 0 aromatic heterocycles. The molecule has 3 N–H and O–H groups in total. The van der Waals surface area contributed by atoms with Crippen LogP contribution < -0.4 is 0 Å². The summed E-state index contributed by atoms with van der Waals surface area (Å²) in [5.74, 6) is -2.07. The van der Waals surface area contributed by atoms with Gasteiger partial charge in [-0.3, -0.25) is 14.4 Å². The first-order valence-corrected chi connectivity index (χ1v) is 5.67. The Bertz CT molecular complexity index is 222. The maximum atomic E-state index is 9.44. The first-order valence-electron chi connectivity index (χ1n) is 5.67. The van der Waals surface area contributed by atoms with E-state index in [1.807, 2.05) is 0 Å². The fourth-order valence-electron chi connectivity index (χ4n) is 0. The Morgan fingerprint density at radius 1 is 0.632 bits per heavy atom. The van der Waals surface area contributed by atoms with Crippen LogP contribution >= 0.6 is 0 Å². The summed E-state index contributed by atoms with van der Waals surface area (Å²) in [7, 11) is 0. The highest BCUT2D eigenvalue weighted by molar-refractivity contribution is 5.72. The fourth-order valence-corrected chi connectivity index (χ4v) is 0. The number of carbonyl (C=O) groups is 4. The highest BCUT2D eigenvalue weighted by Crippen LogP contribution is 1.68. The third kappa shape index (κ3) is 192. The van der Waals surface area contributed by atoms with Gasteiger partial charge in [0.25, 0.3) is 0 Å². The lowest BCUT2D eigenvalue weighted by atomic mass is 10.5. The van der Waals surface area contributed by atoms with Crippen LogP contribution in [-0.4, -0.2) is 39.0 Å². The van der Waals surface area contributed by atoms with Gasteiger partial charge in [-0.15, -0.1) is 0 Å². The third-order valence-electron chi connectivity index (χ3n) is 0.907. The van der Waals surface area contributed by atoms with Crippen LogP contribution in [0.15, 0.2) is 0 Å². The molecular formula is C12H24O7. The van der Waals surface area contributed by atoms with Crippen molar-refractivity contribution in [3.05, 3.63) is 0 Å². The zero-order valence-corrected chi connectivity index (χ0v) is 12.1. The van der Waals surface area contributed by atoms with E-state index in [0.29, 0.717) is 0 Å². The molecule has 0 aliphatic rings. The predicted molar refractivity (Wildman–Crippen MR) is 70.1 cm³/mol. The van der Waals surface area contributed by atoms with Gasteiger partial charge >= 0.3 is 17.9 Å². The third-order valence-corrected chi connectivity index (χ3v) is 0.907. The average Bonchev–Trinajstić information content (AvgIpc) is 2.29. The number of carboxylic acids is 3. The number of ketones is 1. The van der Waals surface area contributed by atoms with Gasteiger partial charge in [-0.25, -0.2) is 0 Å². The van der Waals surface area contributed by atoms with Gasteiger partial charge in [0.05, 0.1) is 0 Å². The average molecular weight is 280 g/mol. The van der Waals surface area contributed by atoms with E-state index in [1.54, 1.807) is 20.8 Å². The summed E-state index contributed by atoms with van der Waals surface area (Å²) in [6, 6.07) is 0. The molecule has 7 heteroatoms. The summed E-state index contributed by atoms with van der Waals surface area (Å²) in [4.78, 5) is 37.5. The van der Waals surface area contributed by atoms with Crippen molar-refractivity contribution in [1.29, 1.82) is 0 Å². The summed E-state index contributed by atoms with van der Waals surface area (Å²) in [6.45, 7) is 7.85. The SMILES string of the molecule is CC(C)=O.CCC(=O)O.CCC(=O)O.CCC(=O)O. The second-order valence-corrected chi connectivity index (χ2v) is 3.15. The molecule has 0 saturated heterocycles. The Morgan fingerprint density at radius 2 is 0.684 bits per heavy atom. The topological polar surface area (TPSA) is 129 Å². The Kier molecular flexibility index (Phi) is 29.0. The van der Waals surface area contributed by atoms with Crippen molar-refractivity contribution in [2.45, 2.75) is 53.9 Å². The van der Waals surface area contributed by atoms with Gasteiger partial charge in [0.1, 0.15) is 5.78 Å². The van der Waals surface area contributed by atoms with Gasteiger partial charge in [0, 0.05) is 19.3 Å². The van der Waals surface area contributed by atoms with Crippen LogP contribution in [0.2, 0.25) is 0 Å². The van der Waals surface area contributed by atoms with Crippen molar-refractivity contribution < 1.29 is 34.5 Å². The number of carbonyl (C=O) groups excluding carboxylic acids is 1. The molecule has 0 bridgehead atoms. The van der Waals surface area contributed by atoms with Crippen molar-refractivity contribution in [3.8, 4) is 0 Å². The zero-order chi connectivity index (χ0) is 16.4. The van der Waals surface area contributed by atoms with E-state index in [1.165, 1.54) is 13.8 Å². The molecule has 114 valence electrons. The van der Waals surface area contributed by atoms with Crippen LogP contribution in [0.5, 0.6) is 0 Å². The summed E-state index contributed by atoms with van der Waals surface area (Å²) in [5.41, 5.74) is 0. The predicted octanol–water partition coefficient (Wildman–Crippen LogP) is 2.04. The lowest BCUT2D eigenvalue weighted by Crippen LogP contribution is -1.86.